The fourth-order valence-corrected chi connectivity index (χ4v) is 3.06. The van der Waals surface area contributed by atoms with E-state index in [1.165, 1.54) is 6.07 Å². The van der Waals surface area contributed by atoms with Gasteiger partial charge in [-0.3, -0.25) is 0 Å². The molecule has 5 heteroatoms. The zero-order valence-electron chi connectivity index (χ0n) is 15.9. The number of hydrogen-bond donors (Lipinski definition) is 1. The van der Waals surface area contributed by atoms with Crippen molar-refractivity contribution in [2.24, 2.45) is 0 Å². The third-order valence-electron chi connectivity index (χ3n) is 4.55. The Labute approximate surface area is 169 Å². The van der Waals surface area contributed by atoms with Crippen LogP contribution in [0.2, 0.25) is 0 Å². The van der Waals surface area contributed by atoms with Crippen molar-refractivity contribution in [2.45, 2.75) is 13.1 Å². The summed E-state index contributed by atoms with van der Waals surface area (Å²) in [4.78, 5) is 11.2. The number of para-hydroxylation sites is 1. The van der Waals surface area contributed by atoms with Gasteiger partial charge in [0.25, 0.3) is 0 Å². The zero-order chi connectivity index (χ0) is 19.9. The van der Waals surface area contributed by atoms with Crippen LogP contribution in [-0.4, -0.2) is 9.97 Å². The van der Waals surface area contributed by atoms with Crippen molar-refractivity contribution in [2.75, 3.05) is 10.2 Å². The maximum Gasteiger partial charge on any atom is 0.232 e. The van der Waals surface area contributed by atoms with Crippen molar-refractivity contribution in [3.8, 4) is 0 Å². The third kappa shape index (κ3) is 4.76. The van der Waals surface area contributed by atoms with Crippen LogP contribution >= 0.6 is 0 Å². The second-order valence-corrected chi connectivity index (χ2v) is 6.59. The predicted octanol–water partition coefficient (Wildman–Crippen LogP) is 5.57. The first-order valence-electron chi connectivity index (χ1n) is 9.46. The highest BCUT2D eigenvalue weighted by Gasteiger charge is 2.13. The van der Waals surface area contributed by atoms with E-state index >= 15 is 0 Å². The molecule has 4 rings (SSSR count). The molecule has 29 heavy (non-hydrogen) atoms. The van der Waals surface area contributed by atoms with Crippen molar-refractivity contribution in [1.29, 1.82) is 0 Å². The summed E-state index contributed by atoms with van der Waals surface area (Å²) in [5.74, 6) is 0.995. The van der Waals surface area contributed by atoms with E-state index < -0.39 is 0 Å². The van der Waals surface area contributed by atoms with Gasteiger partial charge >= 0.3 is 0 Å². The van der Waals surface area contributed by atoms with Crippen LogP contribution in [0.1, 0.15) is 11.1 Å². The summed E-state index contributed by atoms with van der Waals surface area (Å²) in [6.45, 7) is 0.995. The van der Waals surface area contributed by atoms with E-state index in [4.69, 9.17) is 0 Å². The normalized spacial score (nSPS) is 10.5. The van der Waals surface area contributed by atoms with Crippen LogP contribution in [0.25, 0.3) is 0 Å². The number of anilines is 3. The molecule has 0 bridgehead atoms. The first-order chi connectivity index (χ1) is 14.3. The Kier molecular flexibility index (Phi) is 5.76. The lowest BCUT2D eigenvalue weighted by Crippen LogP contribution is -2.19. The Morgan fingerprint density at radius 2 is 1.48 bits per heavy atom. The van der Waals surface area contributed by atoms with Crippen LogP contribution in [0.3, 0.4) is 0 Å². The number of nitrogens with one attached hydrogen (secondary N) is 1. The van der Waals surface area contributed by atoms with E-state index in [1.54, 1.807) is 24.4 Å². The number of rotatable bonds is 7. The highest BCUT2D eigenvalue weighted by molar-refractivity contribution is 5.58. The fourth-order valence-electron chi connectivity index (χ4n) is 3.06. The highest BCUT2D eigenvalue weighted by Crippen LogP contribution is 2.25. The largest absolute Gasteiger partial charge is 0.366 e. The maximum absolute atomic E-state index is 13.9. The van der Waals surface area contributed by atoms with Crippen LogP contribution in [0.5, 0.6) is 0 Å². The summed E-state index contributed by atoms with van der Waals surface area (Å²) in [6.07, 6.45) is 1.72. The Hall–Kier alpha value is -3.73. The minimum absolute atomic E-state index is 0.232. The summed E-state index contributed by atoms with van der Waals surface area (Å²) in [5, 5.41) is 3.19. The molecule has 0 atom stereocenters. The third-order valence-corrected chi connectivity index (χ3v) is 4.55. The average Bonchev–Trinajstić information content (AvgIpc) is 2.78. The van der Waals surface area contributed by atoms with Crippen molar-refractivity contribution in [3.63, 3.8) is 0 Å². The molecule has 144 valence electrons. The van der Waals surface area contributed by atoms with E-state index in [-0.39, 0.29) is 5.82 Å². The summed E-state index contributed by atoms with van der Waals surface area (Å²) in [7, 11) is 0. The molecule has 0 saturated heterocycles. The molecule has 3 aromatic carbocycles. The molecule has 0 aliphatic carbocycles. The van der Waals surface area contributed by atoms with Gasteiger partial charge in [0.2, 0.25) is 5.95 Å². The van der Waals surface area contributed by atoms with Gasteiger partial charge in [-0.05, 0) is 29.8 Å². The number of nitrogens with zero attached hydrogens (tertiary/aromatic N) is 3. The molecular formula is C24H21FN4. The standard InChI is InChI=1S/C24H21FN4/c25-22-14-8-7-11-20(22)17-27-23-15-16-26-24(28-23)29(21-12-5-2-6-13-21)18-19-9-3-1-4-10-19/h1-16H,17-18H2,(H,26,27,28). The van der Waals surface area contributed by atoms with Crippen LogP contribution in [0, 0.1) is 5.82 Å². The maximum atomic E-state index is 13.9. The van der Waals surface area contributed by atoms with Gasteiger partial charge < -0.3 is 10.2 Å². The zero-order valence-corrected chi connectivity index (χ0v) is 15.9. The van der Waals surface area contributed by atoms with Crippen LogP contribution in [-0.2, 0) is 13.1 Å². The molecule has 0 aliphatic rings. The first kappa shape index (κ1) is 18.6. The minimum Gasteiger partial charge on any atom is -0.366 e. The molecule has 0 amide bonds. The average molecular weight is 384 g/mol. The van der Waals surface area contributed by atoms with Gasteiger partial charge in [-0.1, -0.05) is 66.7 Å². The smallest absolute Gasteiger partial charge is 0.232 e. The van der Waals surface area contributed by atoms with Gasteiger partial charge in [-0.2, -0.15) is 4.98 Å². The van der Waals surface area contributed by atoms with Gasteiger partial charge in [0.05, 0.1) is 6.54 Å². The molecule has 4 nitrogen and oxygen atoms in total. The van der Waals surface area contributed by atoms with Gasteiger partial charge in [-0.15, -0.1) is 0 Å². The van der Waals surface area contributed by atoms with Crippen LogP contribution < -0.4 is 10.2 Å². The number of aromatic nitrogens is 2. The molecule has 1 aromatic heterocycles. The summed E-state index contributed by atoms with van der Waals surface area (Å²) < 4.78 is 13.9. The Balaban J connectivity index is 1.59. The van der Waals surface area contributed by atoms with Crippen molar-refractivity contribution in [1.82, 2.24) is 9.97 Å². The number of halogens is 1. The van der Waals surface area contributed by atoms with E-state index in [9.17, 15) is 4.39 Å². The molecule has 1 N–H and O–H groups in total. The van der Waals surface area contributed by atoms with Crippen LogP contribution in [0.4, 0.5) is 21.8 Å². The molecule has 0 radical (unpaired) electrons. The second-order valence-electron chi connectivity index (χ2n) is 6.59. The quantitative estimate of drug-likeness (QED) is 0.452. The van der Waals surface area contributed by atoms with E-state index in [1.807, 2.05) is 54.6 Å². The van der Waals surface area contributed by atoms with Gasteiger partial charge in [0.1, 0.15) is 11.6 Å². The first-order valence-corrected chi connectivity index (χ1v) is 9.46. The molecule has 0 unspecified atom stereocenters. The minimum atomic E-state index is -0.232. The lowest BCUT2D eigenvalue weighted by atomic mass is 10.2. The number of hydrogen-bond acceptors (Lipinski definition) is 4. The second kappa shape index (κ2) is 8.97. The lowest BCUT2D eigenvalue weighted by molar-refractivity contribution is 0.613. The summed E-state index contributed by atoms with van der Waals surface area (Å²) >= 11 is 0. The monoisotopic (exact) mass is 384 g/mol. The molecule has 4 aromatic rings. The molecule has 0 fully saturated rings. The summed E-state index contributed by atoms with van der Waals surface area (Å²) in [6, 6.07) is 28.7. The van der Waals surface area contributed by atoms with Crippen molar-refractivity contribution >= 4 is 17.5 Å². The van der Waals surface area contributed by atoms with E-state index in [2.05, 4.69) is 32.3 Å². The topological polar surface area (TPSA) is 41.1 Å². The molecular weight excluding hydrogens is 363 g/mol. The Bertz CT molecular complexity index is 1050. The molecule has 0 aliphatic heterocycles. The van der Waals surface area contributed by atoms with E-state index in [0.717, 1.165) is 11.3 Å². The van der Waals surface area contributed by atoms with E-state index in [0.29, 0.717) is 30.4 Å². The lowest BCUT2D eigenvalue weighted by Gasteiger charge is -2.23. The van der Waals surface area contributed by atoms with Gasteiger partial charge in [0, 0.05) is 24.0 Å². The Morgan fingerprint density at radius 3 is 2.24 bits per heavy atom. The molecule has 0 spiro atoms. The summed E-state index contributed by atoms with van der Waals surface area (Å²) in [5.41, 5.74) is 2.75. The van der Waals surface area contributed by atoms with Crippen molar-refractivity contribution < 1.29 is 4.39 Å². The molecule has 1 heterocycles. The van der Waals surface area contributed by atoms with Gasteiger partial charge in [-0.25, -0.2) is 9.37 Å². The van der Waals surface area contributed by atoms with Crippen molar-refractivity contribution in [3.05, 3.63) is 114 Å². The SMILES string of the molecule is Fc1ccccc1CNc1ccnc(N(Cc2ccccc2)c2ccccc2)n1. The number of benzene rings is 3. The highest BCUT2D eigenvalue weighted by atomic mass is 19.1. The Morgan fingerprint density at radius 1 is 0.793 bits per heavy atom. The van der Waals surface area contributed by atoms with Gasteiger partial charge in [0.15, 0.2) is 0 Å². The van der Waals surface area contributed by atoms with Crippen LogP contribution in [0.15, 0.2) is 97.2 Å². The fraction of sp³-hybridized carbons (Fsp3) is 0.0833. The molecule has 0 saturated carbocycles. The predicted molar refractivity (Wildman–Crippen MR) is 114 cm³/mol.